The van der Waals surface area contributed by atoms with Crippen molar-refractivity contribution in [2.45, 2.75) is 72.3 Å². The normalized spacial score (nSPS) is 11.8. The van der Waals surface area contributed by atoms with Crippen LogP contribution in [0.25, 0.3) is 0 Å². The Morgan fingerprint density at radius 2 is 0.558 bits per heavy atom. The first-order chi connectivity index (χ1) is 47.6. The fraction of sp³-hybridized carbons (Fsp3) is 0.104. The number of benzene rings is 10. The fourth-order valence-electron chi connectivity index (χ4n) is 8.55. The lowest BCUT2D eigenvalue weighted by Crippen LogP contribution is -2.06. The summed E-state index contributed by atoms with van der Waals surface area (Å²) in [6.45, 7) is 5.71. The number of hydrogen-bond donors (Lipinski definition) is 5. The average molecular weight is 1590 g/mol. The summed E-state index contributed by atoms with van der Waals surface area (Å²) in [5.74, 6) is 1.47. The molecule has 10 rings (SSSR count). The van der Waals surface area contributed by atoms with Crippen LogP contribution in [0.3, 0.4) is 0 Å². The molecule has 37 heteroatoms. The molecule has 0 unspecified atom stereocenters. The van der Waals surface area contributed by atoms with Crippen molar-refractivity contribution < 1.29 is 114 Å². The second kappa shape index (κ2) is 33.1. The highest BCUT2D eigenvalue weighted by Gasteiger charge is 2.28. The maximum atomic E-state index is 13.3. The Labute approximate surface area is 600 Å². The minimum atomic E-state index is -4.89. The van der Waals surface area contributed by atoms with Crippen LogP contribution in [0.2, 0.25) is 0 Å². The van der Waals surface area contributed by atoms with Gasteiger partial charge in [0.2, 0.25) is 25.4 Å². The van der Waals surface area contributed by atoms with E-state index in [1.165, 1.54) is 66.9 Å². The summed E-state index contributed by atoms with van der Waals surface area (Å²) < 4.78 is 250. The number of ether oxygens (including phenoxy) is 5. The summed E-state index contributed by atoms with van der Waals surface area (Å²) in [5, 5.41) is 11.5. The maximum absolute atomic E-state index is 13.3. The van der Waals surface area contributed by atoms with E-state index in [4.69, 9.17) is 46.9 Å². The van der Waals surface area contributed by atoms with Crippen LogP contribution in [0, 0.1) is 30.9 Å². The molecule has 0 heterocycles. The van der Waals surface area contributed by atoms with Crippen molar-refractivity contribution in [2.75, 3.05) is 24.5 Å². The van der Waals surface area contributed by atoms with Crippen molar-refractivity contribution >= 4 is 91.2 Å². The van der Waals surface area contributed by atoms with Crippen LogP contribution in [-0.2, 0) is 79.8 Å². The molecule has 0 atom stereocenters. The smallest absolute Gasteiger partial charge is 0.394 e. The molecule has 0 fully saturated rings. The second-order valence-corrected chi connectivity index (χ2v) is 35.5. The number of nitrogen functional groups attached to an aromatic ring is 1. The Bertz CT molecular complexity index is 5770. The molecule has 0 amide bonds. The molecule has 552 valence electrons. The third-order valence-corrected chi connectivity index (χ3v) is 22.3. The van der Waals surface area contributed by atoms with E-state index in [0.29, 0.717) is 16.4 Å². The number of nitro groups is 1. The van der Waals surface area contributed by atoms with Gasteiger partial charge in [-0.1, -0.05) is 60.5 Å². The third-order valence-electron chi connectivity index (χ3n) is 13.7. The summed E-state index contributed by atoms with van der Waals surface area (Å²) in [7, 11) is -33.3. The SMILES string of the molecule is C.Cc1ccc(Oc2ccc(S(=O)(=O)c3ccc(Oc4ccc(S(C)(=O)=O)cc4N)cc3)cc2S(=O)(=O)O)cc1.Cc1ccc(Oc2ccc(S(=O)(=O)c3ccc(Oc4ccc(S(C)(=O)=O)cc4[N+](=O)[O-])cc3)cc2S(=O)(=O)O)cc1.Cc1ccc(Oc2ccc(S(C)(=O)=O)cc2)cc1.O=S(=O)(O)O. The Kier molecular flexibility index (Phi) is 26.3. The minimum Gasteiger partial charge on any atom is -0.457 e. The molecular weight excluding hydrogens is 1520 g/mol. The molecule has 104 heavy (non-hydrogen) atoms. The van der Waals surface area contributed by atoms with Crippen molar-refractivity contribution in [1.82, 2.24) is 0 Å². The van der Waals surface area contributed by atoms with Gasteiger partial charge in [0.25, 0.3) is 20.2 Å². The van der Waals surface area contributed by atoms with Crippen LogP contribution in [-0.4, -0.2) is 109 Å². The van der Waals surface area contributed by atoms with E-state index >= 15 is 0 Å². The molecule has 0 spiro atoms. The minimum absolute atomic E-state index is 0. The molecule has 0 aliphatic carbocycles. The lowest BCUT2D eigenvalue weighted by atomic mass is 10.2. The lowest BCUT2D eigenvalue weighted by molar-refractivity contribution is -0.385. The van der Waals surface area contributed by atoms with E-state index < -0.39 is 105 Å². The van der Waals surface area contributed by atoms with Crippen molar-refractivity contribution in [3.63, 3.8) is 0 Å². The quantitative estimate of drug-likeness (QED) is 0.0205. The fourth-order valence-corrected chi connectivity index (χ4v) is 14.5. The average Bonchev–Trinajstić information content (AvgIpc) is 0.776. The molecule has 29 nitrogen and oxygen atoms in total. The molecule has 0 saturated heterocycles. The zero-order valence-corrected chi connectivity index (χ0v) is 60.8. The van der Waals surface area contributed by atoms with Crippen LogP contribution >= 0.6 is 0 Å². The molecule has 0 aliphatic rings. The van der Waals surface area contributed by atoms with E-state index in [9.17, 15) is 78.1 Å². The highest BCUT2D eigenvalue weighted by Crippen LogP contribution is 2.39. The van der Waals surface area contributed by atoms with Gasteiger partial charge in [0.15, 0.2) is 29.5 Å². The Morgan fingerprint density at radius 1 is 0.317 bits per heavy atom. The first kappa shape index (κ1) is 82.8. The maximum Gasteiger partial charge on any atom is 0.394 e. The number of nitro benzene ring substituents is 1. The van der Waals surface area contributed by atoms with E-state index in [-0.39, 0.29) is 77.8 Å². The van der Waals surface area contributed by atoms with E-state index in [2.05, 4.69) is 0 Å². The first-order valence-corrected chi connectivity index (χ1v) is 41.7. The van der Waals surface area contributed by atoms with Crippen molar-refractivity contribution in [1.29, 1.82) is 0 Å². The summed E-state index contributed by atoms with van der Waals surface area (Å²) in [4.78, 5) is 7.90. The van der Waals surface area contributed by atoms with Gasteiger partial charge >= 0.3 is 16.1 Å². The molecule has 0 aromatic heterocycles. The molecular formula is C67H64N2O27S8. The predicted molar refractivity (Wildman–Crippen MR) is 381 cm³/mol. The molecule has 10 aromatic carbocycles. The van der Waals surface area contributed by atoms with E-state index in [1.54, 1.807) is 72.8 Å². The van der Waals surface area contributed by atoms with Gasteiger partial charge in [-0.15, -0.1) is 0 Å². The Balaban J connectivity index is 0.000000250. The summed E-state index contributed by atoms with van der Waals surface area (Å²) in [6.07, 6.45) is 3.13. The molecule has 6 N–H and O–H groups in total. The number of nitrogens with zero attached hydrogens (tertiary/aromatic N) is 1. The molecule has 10 aromatic rings. The summed E-state index contributed by atoms with van der Waals surface area (Å²) in [5.41, 5.74) is 8.38. The zero-order valence-electron chi connectivity index (χ0n) is 54.3. The third kappa shape index (κ3) is 23.4. The Hall–Kier alpha value is -10.2. The monoisotopic (exact) mass is 1580 g/mol. The molecule has 0 saturated carbocycles. The van der Waals surface area contributed by atoms with Gasteiger partial charge in [0.05, 0.1) is 44.9 Å². The number of rotatable bonds is 20. The van der Waals surface area contributed by atoms with Gasteiger partial charge in [-0.2, -0.15) is 25.3 Å². The van der Waals surface area contributed by atoms with Gasteiger partial charge in [0, 0.05) is 24.8 Å². The van der Waals surface area contributed by atoms with E-state index in [0.717, 1.165) is 95.6 Å². The molecule has 0 bridgehead atoms. The van der Waals surface area contributed by atoms with Crippen molar-refractivity contribution in [3.05, 3.63) is 245 Å². The highest BCUT2D eigenvalue weighted by atomic mass is 32.3. The van der Waals surface area contributed by atoms with Crippen LogP contribution in [0.4, 0.5) is 11.4 Å². The number of sulfone groups is 5. The van der Waals surface area contributed by atoms with Gasteiger partial charge < -0.3 is 29.4 Å². The topological polar surface area (TPSA) is 469 Å². The van der Waals surface area contributed by atoms with Gasteiger partial charge in [-0.05, 0) is 197 Å². The van der Waals surface area contributed by atoms with E-state index in [1.807, 2.05) is 45.0 Å². The Morgan fingerprint density at radius 3 is 0.856 bits per heavy atom. The first-order valence-electron chi connectivity index (χ1n) is 28.8. The van der Waals surface area contributed by atoms with Crippen LogP contribution < -0.4 is 29.4 Å². The number of nitrogens with two attached hydrogens (primary N) is 1. The van der Waals surface area contributed by atoms with Gasteiger partial charge in [0.1, 0.15) is 61.5 Å². The summed E-state index contributed by atoms with van der Waals surface area (Å²) >= 11 is 0. The number of hydrogen-bond acceptors (Lipinski definition) is 24. The summed E-state index contributed by atoms with van der Waals surface area (Å²) in [6, 6.07) is 50.4. The molecule has 0 aliphatic heterocycles. The largest absolute Gasteiger partial charge is 0.457 e. The van der Waals surface area contributed by atoms with Crippen molar-refractivity contribution in [3.8, 4) is 57.5 Å². The second-order valence-electron chi connectivity index (χ2n) is 21.9. The standard InChI is InChI=1S/C26H21NO11S3.C26H23NO9S3.C14H14O3S.CH4.H2O4S/c1-17-3-5-18(6-4-17)38-25-14-12-22(16-26(25)41(34,35)36)40(32,33)20-9-7-19(8-10-20)37-24-13-11-21(39(2,30)31)15-23(24)27(28)29;1-17-3-5-18(6-4-17)36-25-14-12-22(16-26(25)39(32,33)34)38(30,31)20-9-7-19(8-10-20)35-24-13-11-21(15-23(24)27)37(2,28)29;1-11-3-5-12(6-4-11)17-13-7-9-14(10-8-13)18(2,15)16;;1-5(2,3)4/h3-16H,1-2H3,(H,34,35,36);3-16H,27H2,1-2H3,(H,32,33,34);3-10H,1-2H3;1H4;(H2,1,2,3,4). The van der Waals surface area contributed by atoms with Gasteiger partial charge in [-0.25, -0.2) is 42.1 Å². The zero-order chi connectivity index (χ0) is 76.4. The van der Waals surface area contributed by atoms with Crippen LogP contribution in [0.5, 0.6) is 57.5 Å². The van der Waals surface area contributed by atoms with Crippen LogP contribution in [0.1, 0.15) is 24.1 Å². The number of aryl methyl sites for hydroxylation is 3. The molecule has 0 radical (unpaired) electrons. The van der Waals surface area contributed by atoms with Crippen LogP contribution in [0.15, 0.2) is 262 Å². The highest BCUT2D eigenvalue weighted by molar-refractivity contribution is 7.92. The number of anilines is 1. The van der Waals surface area contributed by atoms with Crippen molar-refractivity contribution in [2.24, 2.45) is 0 Å². The predicted octanol–water partition coefficient (Wildman–Crippen LogP) is 12.8. The lowest BCUT2D eigenvalue weighted by Gasteiger charge is -2.13. The van der Waals surface area contributed by atoms with Gasteiger partial charge in [-0.3, -0.25) is 28.3 Å².